The van der Waals surface area contributed by atoms with E-state index in [1.807, 2.05) is 0 Å². The highest BCUT2D eigenvalue weighted by Gasteiger charge is 2.29. The van der Waals surface area contributed by atoms with Crippen molar-refractivity contribution in [3.05, 3.63) is 5.89 Å². The number of nitrogens with one attached hydrogen (secondary N) is 2. The molecule has 0 spiro atoms. The molecule has 8 nitrogen and oxygen atoms in total. The Kier molecular flexibility index (Phi) is 5.05. The van der Waals surface area contributed by atoms with E-state index < -0.39 is 0 Å². The zero-order chi connectivity index (χ0) is 14.4. The average Bonchev–Trinajstić information content (AvgIpc) is 3.16. The van der Waals surface area contributed by atoms with Gasteiger partial charge in [-0.15, -0.1) is 5.10 Å². The zero-order valence-corrected chi connectivity index (χ0v) is 11.3. The van der Waals surface area contributed by atoms with E-state index in [0.717, 1.165) is 12.8 Å². The Hall–Kier alpha value is -1.96. The molecule has 1 saturated carbocycles. The summed E-state index contributed by atoms with van der Waals surface area (Å²) in [6.45, 7) is 2.56. The first-order chi connectivity index (χ1) is 9.69. The van der Waals surface area contributed by atoms with E-state index in [9.17, 15) is 9.59 Å². The normalized spacial score (nSPS) is 14.1. The van der Waals surface area contributed by atoms with Crippen LogP contribution in [0.25, 0.3) is 0 Å². The molecule has 0 aliphatic heterocycles. The third kappa shape index (κ3) is 4.61. The van der Waals surface area contributed by atoms with E-state index in [2.05, 4.69) is 20.8 Å². The number of ether oxygens (including phenoxy) is 1. The van der Waals surface area contributed by atoms with Crippen LogP contribution < -0.4 is 10.6 Å². The van der Waals surface area contributed by atoms with E-state index in [0.29, 0.717) is 25.0 Å². The molecule has 1 aromatic heterocycles. The number of nitrogens with zero attached hydrogens (tertiary/aromatic N) is 2. The summed E-state index contributed by atoms with van der Waals surface area (Å²) in [5.74, 6) is 0.359. The maximum Gasteiger partial charge on any atom is 0.322 e. The number of hydrogen-bond acceptors (Lipinski definition) is 7. The van der Waals surface area contributed by atoms with Gasteiger partial charge >= 0.3 is 12.0 Å². The van der Waals surface area contributed by atoms with Gasteiger partial charge in [-0.2, -0.15) is 0 Å². The number of amides is 1. The van der Waals surface area contributed by atoms with Crippen LogP contribution in [-0.2, 0) is 14.3 Å². The molecular weight excluding hydrogens is 264 g/mol. The topological polar surface area (TPSA) is 106 Å². The van der Waals surface area contributed by atoms with Crippen LogP contribution in [0.15, 0.2) is 4.42 Å². The highest BCUT2D eigenvalue weighted by atomic mass is 16.5. The molecule has 1 amide bonds. The van der Waals surface area contributed by atoms with Crippen LogP contribution in [0, 0.1) is 0 Å². The molecule has 2 N–H and O–H groups in total. The molecule has 2 rings (SSSR count). The van der Waals surface area contributed by atoms with Crippen LogP contribution >= 0.6 is 0 Å². The van der Waals surface area contributed by atoms with Gasteiger partial charge in [0.2, 0.25) is 11.8 Å². The van der Waals surface area contributed by atoms with Gasteiger partial charge in [-0.25, -0.2) is 0 Å². The number of aromatic nitrogens is 2. The van der Waals surface area contributed by atoms with Gasteiger partial charge in [-0.1, -0.05) is 5.10 Å². The van der Waals surface area contributed by atoms with Crippen molar-refractivity contribution in [3.63, 3.8) is 0 Å². The van der Waals surface area contributed by atoms with Gasteiger partial charge in [0.15, 0.2) is 0 Å². The van der Waals surface area contributed by atoms with Crippen LogP contribution in [0.4, 0.5) is 6.01 Å². The molecule has 8 heteroatoms. The van der Waals surface area contributed by atoms with Crippen molar-refractivity contribution >= 4 is 17.9 Å². The fourth-order valence-electron chi connectivity index (χ4n) is 1.57. The number of anilines is 1. The molecule has 0 aromatic carbocycles. The summed E-state index contributed by atoms with van der Waals surface area (Å²) in [5, 5.41) is 12.9. The molecule has 0 saturated heterocycles. The van der Waals surface area contributed by atoms with E-state index in [1.165, 1.54) is 0 Å². The Labute approximate surface area is 116 Å². The second kappa shape index (κ2) is 6.99. The molecule has 0 unspecified atom stereocenters. The third-order valence-corrected chi connectivity index (χ3v) is 2.71. The minimum atomic E-state index is -0.292. The molecule has 20 heavy (non-hydrogen) atoms. The van der Waals surface area contributed by atoms with E-state index in [-0.39, 0.29) is 30.9 Å². The van der Waals surface area contributed by atoms with Crippen molar-refractivity contribution < 1.29 is 18.7 Å². The summed E-state index contributed by atoms with van der Waals surface area (Å²) in [6, 6.07) is 0.115. The standard InChI is InChI=1S/C12H18N4O4/c1-2-19-10(18)5-6-13-7-9(17)14-12-16-15-11(20-12)8-3-4-8/h8,13H,2-7H2,1H3,(H,14,16,17). The van der Waals surface area contributed by atoms with E-state index >= 15 is 0 Å². The first-order valence-electron chi connectivity index (χ1n) is 6.68. The lowest BCUT2D eigenvalue weighted by Crippen LogP contribution is -2.30. The number of rotatable bonds is 8. The fourth-order valence-corrected chi connectivity index (χ4v) is 1.57. The molecule has 1 aliphatic rings. The summed E-state index contributed by atoms with van der Waals surface area (Å²) in [7, 11) is 0. The fraction of sp³-hybridized carbons (Fsp3) is 0.667. The predicted molar refractivity (Wildman–Crippen MR) is 69.0 cm³/mol. The second-order valence-electron chi connectivity index (χ2n) is 4.50. The Morgan fingerprint density at radius 3 is 2.90 bits per heavy atom. The van der Waals surface area contributed by atoms with Crippen molar-refractivity contribution in [2.75, 3.05) is 25.0 Å². The second-order valence-corrected chi connectivity index (χ2v) is 4.50. The summed E-state index contributed by atoms with van der Waals surface area (Å²) >= 11 is 0. The first-order valence-corrected chi connectivity index (χ1v) is 6.68. The van der Waals surface area contributed by atoms with Crippen molar-refractivity contribution in [3.8, 4) is 0 Å². The minimum absolute atomic E-state index is 0.0700. The van der Waals surface area contributed by atoms with Crippen LogP contribution in [0.3, 0.4) is 0 Å². The molecular formula is C12H18N4O4. The molecule has 1 heterocycles. The maximum absolute atomic E-state index is 11.6. The van der Waals surface area contributed by atoms with Gasteiger partial charge < -0.3 is 14.5 Å². The average molecular weight is 282 g/mol. The van der Waals surface area contributed by atoms with Gasteiger partial charge in [0.05, 0.1) is 19.6 Å². The summed E-state index contributed by atoms with van der Waals surface area (Å²) in [4.78, 5) is 22.6. The lowest BCUT2D eigenvalue weighted by Gasteiger charge is -2.04. The summed E-state index contributed by atoms with van der Waals surface area (Å²) in [6.07, 6.45) is 2.35. The van der Waals surface area contributed by atoms with Gasteiger partial charge in [0.1, 0.15) is 0 Å². The predicted octanol–water partition coefficient (Wildman–Crippen LogP) is 0.428. The van der Waals surface area contributed by atoms with Crippen LogP contribution in [-0.4, -0.2) is 41.8 Å². The highest BCUT2D eigenvalue weighted by Crippen LogP contribution is 2.39. The maximum atomic E-state index is 11.6. The molecule has 0 atom stereocenters. The minimum Gasteiger partial charge on any atom is -0.466 e. The number of esters is 1. The van der Waals surface area contributed by atoms with Gasteiger partial charge in [0.25, 0.3) is 0 Å². The third-order valence-electron chi connectivity index (χ3n) is 2.71. The van der Waals surface area contributed by atoms with Gasteiger partial charge in [0, 0.05) is 12.5 Å². The molecule has 110 valence electrons. The SMILES string of the molecule is CCOC(=O)CCNCC(=O)Nc1nnc(C2CC2)o1. The number of carbonyl (C=O) groups is 2. The smallest absolute Gasteiger partial charge is 0.322 e. The van der Waals surface area contributed by atoms with Crippen molar-refractivity contribution in [1.82, 2.24) is 15.5 Å². The Bertz CT molecular complexity index is 470. The van der Waals surface area contributed by atoms with Crippen LogP contribution in [0.1, 0.15) is 38.0 Å². The van der Waals surface area contributed by atoms with Crippen molar-refractivity contribution in [1.29, 1.82) is 0 Å². The zero-order valence-electron chi connectivity index (χ0n) is 11.3. The quantitative estimate of drug-likeness (QED) is 0.526. The van der Waals surface area contributed by atoms with Gasteiger partial charge in [-0.05, 0) is 19.8 Å². The molecule has 0 radical (unpaired) electrons. The van der Waals surface area contributed by atoms with Gasteiger partial charge in [-0.3, -0.25) is 14.9 Å². The first kappa shape index (κ1) is 14.4. The highest BCUT2D eigenvalue weighted by molar-refractivity contribution is 5.90. The van der Waals surface area contributed by atoms with Crippen molar-refractivity contribution in [2.24, 2.45) is 0 Å². The largest absolute Gasteiger partial charge is 0.466 e. The monoisotopic (exact) mass is 282 g/mol. The Balaban J connectivity index is 1.61. The van der Waals surface area contributed by atoms with Crippen LogP contribution in [0.2, 0.25) is 0 Å². The molecule has 1 aliphatic carbocycles. The summed E-state index contributed by atoms with van der Waals surface area (Å²) < 4.78 is 10.1. The Morgan fingerprint density at radius 2 is 2.20 bits per heavy atom. The van der Waals surface area contributed by atoms with Crippen molar-refractivity contribution in [2.45, 2.75) is 32.1 Å². The number of hydrogen-bond donors (Lipinski definition) is 2. The molecule has 0 bridgehead atoms. The summed E-state index contributed by atoms with van der Waals surface area (Å²) in [5.41, 5.74) is 0. The van der Waals surface area contributed by atoms with E-state index in [4.69, 9.17) is 9.15 Å². The lowest BCUT2D eigenvalue weighted by molar-refractivity contribution is -0.143. The number of carbonyl (C=O) groups excluding carboxylic acids is 2. The molecule has 1 fully saturated rings. The lowest BCUT2D eigenvalue weighted by atomic mass is 10.4. The molecule has 1 aromatic rings. The van der Waals surface area contributed by atoms with E-state index in [1.54, 1.807) is 6.92 Å². The Morgan fingerprint density at radius 1 is 1.40 bits per heavy atom. The van der Waals surface area contributed by atoms with Crippen LogP contribution in [0.5, 0.6) is 0 Å².